The van der Waals surface area contributed by atoms with Gasteiger partial charge in [0.2, 0.25) is 5.91 Å². The van der Waals surface area contributed by atoms with Crippen LogP contribution in [0.4, 0.5) is 0 Å². The number of nitrogens with one attached hydrogen (secondary N) is 2. The Morgan fingerprint density at radius 2 is 2.18 bits per heavy atom. The van der Waals surface area contributed by atoms with Crippen LogP contribution in [0.5, 0.6) is 5.75 Å². The molecule has 2 N–H and O–H groups in total. The molecule has 0 saturated heterocycles. The lowest BCUT2D eigenvalue weighted by atomic mass is 10.0. The van der Waals surface area contributed by atoms with Crippen LogP contribution in [0.25, 0.3) is 0 Å². The van der Waals surface area contributed by atoms with Gasteiger partial charge in [-0.1, -0.05) is 17.7 Å². The first-order valence-electron chi connectivity index (χ1n) is 5.67. The maximum atomic E-state index is 11.2. The second-order valence-corrected chi connectivity index (χ2v) is 4.02. The summed E-state index contributed by atoms with van der Waals surface area (Å²) in [6.45, 7) is 4.35. The van der Waals surface area contributed by atoms with Gasteiger partial charge in [-0.05, 0) is 19.9 Å². The summed E-state index contributed by atoms with van der Waals surface area (Å²) in [5.41, 5.74) is 2.24. The quantitative estimate of drug-likeness (QED) is 0.812. The molecule has 17 heavy (non-hydrogen) atoms. The van der Waals surface area contributed by atoms with E-state index in [4.69, 9.17) is 4.74 Å². The van der Waals surface area contributed by atoms with Crippen molar-refractivity contribution in [3.05, 3.63) is 29.3 Å². The van der Waals surface area contributed by atoms with Crippen LogP contribution >= 0.6 is 0 Å². The van der Waals surface area contributed by atoms with Gasteiger partial charge in [-0.3, -0.25) is 4.79 Å². The Labute approximate surface area is 102 Å². The molecular weight excluding hydrogens is 216 g/mol. The summed E-state index contributed by atoms with van der Waals surface area (Å²) in [4.78, 5) is 11.2. The fraction of sp³-hybridized carbons (Fsp3) is 0.462. The first-order chi connectivity index (χ1) is 8.08. The smallest absolute Gasteiger partial charge is 0.233 e. The molecule has 0 heterocycles. The standard InChI is InChI=1S/C13H20N2O2/c1-9-5-6-12(17-4)11(7-9)10(2)15-8-13(16)14-3/h5-7,10,15H,8H2,1-4H3,(H,14,16). The fourth-order valence-electron chi connectivity index (χ4n) is 1.64. The lowest BCUT2D eigenvalue weighted by Gasteiger charge is -2.17. The van der Waals surface area contributed by atoms with Gasteiger partial charge in [-0.2, -0.15) is 0 Å². The molecule has 0 bridgehead atoms. The topological polar surface area (TPSA) is 50.4 Å². The minimum absolute atomic E-state index is 0.0246. The van der Waals surface area contributed by atoms with E-state index in [0.717, 1.165) is 11.3 Å². The highest BCUT2D eigenvalue weighted by Gasteiger charge is 2.12. The number of carbonyl (C=O) groups is 1. The van der Waals surface area contributed by atoms with E-state index in [1.54, 1.807) is 14.2 Å². The molecule has 1 aromatic rings. The number of likely N-dealkylation sites (N-methyl/N-ethyl adjacent to an activating group) is 1. The zero-order valence-corrected chi connectivity index (χ0v) is 10.8. The Bertz CT molecular complexity index is 391. The van der Waals surface area contributed by atoms with Crippen molar-refractivity contribution in [2.75, 3.05) is 20.7 Å². The van der Waals surface area contributed by atoms with Crippen molar-refractivity contribution < 1.29 is 9.53 Å². The summed E-state index contributed by atoms with van der Waals surface area (Å²) in [7, 11) is 3.28. The van der Waals surface area contributed by atoms with E-state index < -0.39 is 0 Å². The third kappa shape index (κ3) is 3.75. The zero-order valence-electron chi connectivity index (χ0n) is 10.8. The van der Waals surface area contributed by atoms with Gasteiger partial charge < -0.3 is 15.4 Å². The van der Waals surface area contributed by atoms with Crippen LogP contribution in [0.3, 0.4) is 0 Å². The van der Waals surface area contributed by atoms with E-state index in [1.807, 2.05) is 26.0 Å². The molecule has 0 fully saturated rings. The highest BCUT2D eigenvalue weighted by molar-refractivity contribution is 5.77. The van der Waals surface area contributed by atoms with Gasteiger partial charge in [-0.15, -0.1) is 0 Å². The number of ether oxygens (including phenoxy) is 1. The number of rotatable bonds is 5. The first-order valence-corrected chi connectivity index (χ1v) is 5.67. The number of benzene rings is 1. The average Bonchev–Trinajstić information content (AvgIpc) is 2.35. The number of carbonyl (C=O) groups excluding carboxylic acids is 1. The molecule has 1 unspecified atom stereocenters. The molecule has 0 aliphatic rings. The highest BCUT2D eigenvalue weighted by Crippen LogP contribution is 2.25. The van der Waals surface area contributed by atoms with Crippen molar-refractivity contribution in [2.45, 2.75) is 19.9 Å². The van der Waals surface area contributed by atoms with Crippen molar-refractivity contribution in [3.8, 4) is 5.75 Å². The lowest BCUT2D eigenvalue weighted by Crippen LogP contribution is -2.33. The summed E-state index contributed by atoms with van der Waals surface area (Å²) in [6.07, 6.45) is 0. The van der Waals surface area contributed by atoms with Gasteiger partial charge >= 0.3 is 0 Å². The number of aryl methyl sites for hydroxylation is 1. The van der Waals surface area contributed by atoms with Crippen LogP contribution < -0.4 is 15.4 Å². The maximum absolute atomic E-state index is 11.2. The number of hydrogen-bond donors (Lipinski definition) is 2. The fourth-order valence-corrected chi connectivity index (χ4v) is 1.64. The van der Waals surface area contributed by atoms with Crippen LogP contribution in [0.2, 0.25) is 0 Å². The number of amides is 1. The van der Waals surface area contributed by atoms with Gasteiger partial charge in [0.25, 0.3) is 0 Å². The third-order valence-corrected chi connectivity index (χ3v) is 2.70. The zero-order chi connectivity index (χ0) is 12.8. The summed E-state index contributed by atoms with van der Waals surface area (Å²) in [5.74, 6) is 0.816. The Kier molecular flexibility index (Phi) is 4.97. The third-order valence-electron chi connectivity index (χ3n) is 2.70. The Balaban J connectivity index is 2.76. The number of methoxy groups -OCH3 is 1. The van der Waals surface area contributed by atoms with E-state index in [0.29, 0.717) is 6.54 Å². The second-order valence-electron chi connectivity index (χ2n) is 4.02. The van der Waals surface area contributed by atoms with Crippen LogP contribution in [0.1, 0.15) is 24.1 Å². The molecule has 0 aliphatic heterocycles. The molecule has 0 spiro atoms. The number of hydrogen-bond acceptors (Lipinski definition) is 3. The Hall–Kier alpha value is -1.55. The normalized spacial score (nSPS) is 12.0. The molecule has 1 atom stereocenters. The van der Waals surface area contributed by atoms with Crippen molar-refractivity contribution >= 4 is 5.91 Å². The van der Waals surface area contributed by atoms with E-state index in [9.17, 15) is 4.79 Å². The molecule has 0 radical (unpaired) electrons. The Morgan fingerprint density at radius 1 is 1.47 bits per heavy atom. The predicted octanol–water partition coefficient (Wildman–Crippen LogP) is 1.40. The summed E-state index contributed by atoms with van der Waals surface area (Å²) < 4.78 is 5.31. The molecule has 1 aromatic carbocycles. The van der Waals surface area contributed by atoms with E-state index in [2.05, 4.69) is 16.7 Å². The molecule has 0 saturated carbocycles. The summed E-state index contributed by atoms with van der Waals surface area (Å²) >= 11 is 0. The molecule has 4 nitrogen and oxygen atoms in total. The van der Waals surface area contributed by atoms with Gasteiger partial charge in [0, 0.05) is 18.7 Å². The molecule has 94 valence electrons. The minimum Gasteiger partial charge on any atom is -0.496 e. The monoisotopic (exact) mass is 236 g/mol. The van der Waals surface area contributed by atoms with E-state index in [1.165, 1.54) is 5.56 Å². The second kappa shape index (κ2) is 6.25. The molecular formula is C13H20N2O2. The minimum atomic E-state index is -0.0246. The van der Waals surface area contributed by atoms with Crippen LogP contribution in [0, 0.1) is 6.92 Å². The predicted molar refractivity (Wildman–Crippen MR) is 68.2 cm³/mol. The van der Waals surface area contributed by atoms with Crippen LogP contribution in [-0.2, 0) is 4.79 Å². The molecule has 0 aromatic heterocycles. The molecule has 0 aliphatic carbocycles. The van der Waals surface area contributed by atoms with Crippen molar-refractivity contribution in [1.82, 2.24) is 10.6 Å². The van der Waals surface area contributed by atoms with Crippen molar-refractivity contribution in [1.29, 1.82) is 0 Å². The van der Waals surface area contributed by atoms with Crippen molar-refractivity contribution in [3.63, 3.8) is 0 Å². The maximum Gasteiger partial charge on any atom is 0.233 e. The Morgan fingerprint density at radius 3 is 2.76 bits per heavy atom. The van der Waals surface area contributed by atoms with Gasteiger partial charge in [0.15, 0.2) is 0 Å². The van der Waals surface area contributed by atoms with Gasteiger partial charge in [0.1, 0.15) is 5.75 Å². The average molecular weight is 236 g/mol. The van der Waals surface area contributed by atoms with E-state index in [-0.39, 0.29) is 11.9 Å². The largest absolute Gasteiger partial charge is 0.496 e. The molecule has 1 amide bonds. The van der Waals surface area contributed by atoms with Gasteiger partial charge in [-0.25, -0.2) is 0 Å². The summed E-state index contributed by atoms with van der Waals surface area (Å²) in [6, 6.07) is 6.10. The highest BCUT2D eigenvalue weighted by atomic mass is 16.5. The van der Waals surface area contributed by atoms with Crippen molar-refractivity contribution in [2.24, 2.45) is 0 Å². The lowest BCUT2D eigenvalue weighted by molar-refractivity contribution is -0.119. The van der Waals surface area contributed by atoms with Crippen LogP contribution in [0.15, 0.2) is 18.2 Å². The SMILES string of the molecule is CNC(=O)CNC(C)c1cc(C)ccc1OC. The summed E-state index contributed by atoms with van der Waals surface area (Å²) in [5, 5.41) is 5.74. The van der Waals surface area contributed by atoms with Crippen LogP contribution in [-0.4, -0.2) is 26.6 Å². The van der Waals surface area contributed by atoms with E-state index >= 15 is 0 Å². The van der Waals surface area contributed by atoms with Gasteiger partial charge in [0.05, 0.1) is 13.7 Å². The first kappa shape index (κ1) is 13.5. The molecule has 1 rings (SSSR count). The molecule has 4 heteroatoms.